The number of nitrogens with zero attached hydrogens (tertiary/aromatic N) is 2. The number of carboxylic acids is 2. The highest BCUT2D eigenvalue weighted by Crippen LogP contribution is 2.26. The number of fused-ring (bicyclic) bond motifs is 1. The molecule has 1 aliphatic heterocycles. The maximum atomic E-state index is 13.2. The predicted octanol–water partition coefficient (Wildman–Crippen LogP) is 4.08. The highest BCUT2D eigenvalue weighted by atomic mass is 32.2. The van der Waals surface area contributed by atoms with Crippen molar-refractivity contribution in [1.82, 2.24) is 14.2 Å². The molecule has 41 heavy (non-hydrogen) atoms. The molecule has 9 nitrogen and oxygen atoms in total. The second-order valence-electron chi connectivity index (χ2n) is 8.41. The molecule has 0 amide bonds. The third-order valence-corrected chi connectivity index (χ3v) is 7.17. The second kappa shape index (κ2) is 13.8. The summed E-state index contributed by atoms with van der Waals surface area (Å²) in [7, 11) is -3.77. The molecule has 2 aromatic carbocycles. The molecule has 3 aromatic rings. The monoisotopic (exact) mass is 615 g/mol. The summed E-state index contributed by atoms with van der Waals surface area (Å²) < 4.78 is 104. The van der Waals surface area contributed by atoms with Crippen LogP contribution < -0.4 is 5.32 Å². The Hall–Kier alpha value is -3.70. The molecule has 1 fully saturated rings. The zero-order valence-corrected chi connectivity index (χ0v) is 21.7. The third kappa shape index (κ3) is 9.72. The van der Waals surface area contributed by atoms with E-state index in [1.54, 1.807) is 6.20 Å². The summed E-state index contributed by atoms with van der Waals surface area (Å²) in [4.78, 5) is 20.3. The molecule has 1 aromatic heterocycles. The summed E-state index contributed by atoms with van der Waals surface area (Å²) in [6, 6.07) is 12.5. The van der Waals surface area contributed by atoms with Gasteiger partial charge in [0.15, 0.2) is 0 Å². The van der Waals surface area contributed by atoms with Crippen LogP contribution in [-0.2, 0) is 26.2 Å². The fraction of sp³-hybridized carbons (Fsp3) is 0.333. The molecule has 0 radical (unpaired) electrons. The fourth-order valence-electron chi connectivity index (χ4n) is 3.57. The van der Waals surface area contributed by atoms with E-state index in [2.05, 4.69) is 16.3 Å². The zero-order chi connectivity index (χ0) is 31.0. The molecule has 0 aliphatic carbocycles. The van der Waals surface area contributed by atoms with Crippen molar-refractivity contribution in [2.75, 3.05) is 26.2 Å². The quantitative estimate of drug-likeness (QED) is 0.375. The van der Waals surface area contributed by atoms with E-state index in [0.717, 1.165) is 62.2 Å². The summed E-state index contributed by atoms with van der Waals surface area (Å²) in [5.41, 5.74) is 1.76. The van der Waals surface area contributed by atoms with Gasteiger partial charge in [-0.05, 0) is 61.5 Å². The van der Waals surface area contributed by atoms with Crippen molar-refractivity contribution < 1.29 is 59.0 Å². The Morgan fingerprint density at radius 1 is 0.854 bits per heavy atom. The lowest BCUT2D eigenvalue weighted by molar-refractivity contribution is -0.193. The molecule has 0 unspecified atom stereocenters. The first-order chi connectivity index (χ1) is 18.9. The van der Waals surface area contributed by atoms with Gasteiger partial charge in [-0.15, -0.1) is 0 Å². The van der Waals surface area contributed by atoms with E-state index >= 15 is 0 Å². The van der Waals surface area contributed by atoms with Crippen LogP contribution in [0.1, 0.15) is 12.0 Å². The number of halogens is 7. The average molecular weight is 616 g/mol. The topological polar surface area (TPSA) is 129 Å². The number of carboxylic acid groups (broad SMARTS) is 2. The Bertz CT molecular complexity index is 1410. The number of carbonyl (C=O) groups is 2. The van der Waals surface area contributed by atoms with Crippen molar-refractivity contribution in [2.45, 2.75) is 30.2 Å². The molecule has 1 saturated heterocycles. The Morgan fingerprint density at radius 2 is 1.41 bits per heavy atom. The molecule has 3 N–H and O–H groups in total. The largest absolute Gasteiger partial charge is 0.490 e. The Kier molecular flexibility index (Phi) is 11.3. The van der Waals surface area contributed by atoms with Crippen molar-refractivity contribution in [2.24, 2.45) is 0 Å². The summed E-state index contributed by atoms with van der Waals surface area (Å²) >= 11 is 0. The lowest BCUT2D eigenvalue weighted by atomic mass is 10.1. The van der Waals surface area contributed by atoms with Crippen LogP contribution in [0.4, 0.5) is 30.7 Å². The minimum Gasteiger partial charge on any atom is -0.475 e. The summed E-state index contributed by atoms with van der Waals surface area (Å²) in [6.07, 6.45) is -7.48. The number of hydrogen-bond acceptors (Lipinski definition) is 6. The maximum absolute atomic E-state index is 13.2. The number of aromatic nitrogens is 1. The van der Waals surface area contributed by atoms with E-state index in [-0.39, 0.29) is 4.90 Å². The van der Waals surface area contributed by atoms with Crippen molar-refractivity contribution in [3.63, 3.8) is 0 Å². The van der Waals surface area contributed by atoms with Gasteiger partial charge in [0.1, 0.15) is 5.82 Å². The van der Waals surface area contributed by atoms with Crippen molar-refractivity contribution >= 4 is 32.9 Å². The summed E-state index contributed by atoms with van der Waals surface area (Å²) in [6.45, 7) is 4.80. The van der Waals surface area contributed by atoms with Crippen LogP contribution in [0.5, 0.6) is 0 Å². The highest BCUT2D eigenvalue weighted by Gasteiger charge is 2.38. The Labute approximate surface area is 228 Å². The van der Waals surface area contributed by atoms with Gasteiger partial charge in [0.05, 0.1) is 10.4 Å². The van der Waals surface area contributed by atoms with Crippen LogP contribution in [0.3, 0.4) is 0 Å². The number of aliphatic carboxylic acids is 2. The molecular formula is C24H24F7N3O6S. The number of rotatable bonds is 4. The SMILES string of the molecule is O=C(O)C(F)(F)F.O=C(O)C(F)(F)F.O=S(=O)(c1ccc(F)cc1)n1ccc2c(CN3CCCNCC3)cccc21. The van der Waals surface area contributed by atoms with Crippen LogP contribution in [0.15, 0.2) is 59.6 Å². The number of hydrogen-bond donors (Lipinski definition) is 3. The molecule has 4 rings (SSSR count). The molecule has 0 bridgehead atoms. The standard InChI is InChI=1S/C20H22FN3O2S.2C2HF3O2/c21-17-5-7-18(8-6-17)27(25,26)24-13-9-19-16(3-1-4-20(19)24)15-23-12-2-10-22-11-14-23;2*3-2(4,5)1(6)7/h1,3-9,13,22H,2,10-12,14-15H2;2*(H,6,7). The van der Waals surface area contributed by atoms with Gasteiger partial charge in [-0.25, -0.2) is 26.4 Å². The van der Waals surface area contributed by atoms with Gasteiger partial charge in [0.25, 0.3) is 10.0 Å². The van der Waals surface area contributed by atoms with E-state index in [9.17, 15) is 39.2 Å². The minimum absolute atomic E-state index is 0.0744. The van der Waals surface area contributed by atoms with Crippen molar-refractivity contribution in [3.8, 4) is 0 Å². The number of alkyl halides is 6. The van der Waals surface area contributed by atoms with Crippen LogP contribution in [-0.4, -0.2) is 78.0 Å². The first-order valence-corrected chi connectivity index (χ1v) is 13.0. The zero-order valence-electron chi connectivity index (χ0n) is 20.9. The van der Waals surface area contributed by atoms with E-state index in [0.29, 0.717) is 5.52 Å². The first-order valence-electron chi connectivity index (χ1n) is 11.6. The van der Waals surface area contributed by atoms with Crippen LogP contribution >= 0.6 is 0 Å². The molecule has 0 atom stereocenters. The van der Waals surface area contributed by atoms with Gasteiger partial charge in [-0.3, -0.25) is 4.90 Å². The second-order valence-corrected chi connectivity index (χ2v) is 10.2. The normalized spacial score (nSPS) is 14.7. The van der Waals surface area contributed by atoms with E-state index in [1.807, 2.05) is 18.2 Å². The maximum Gasteiger partial charge on any atom is 0.490 e. The van der Waals surface area contributed by atoms with Gasteiger partial charge in [0.2, 0.25) is 0 Å². The lowest BCUT2D eigenvalue weighted by Gasteiger charge is -2.20. The van der Waals surface area contributed by atoms with Crippen LogP contribution in [0.2, 0.25) is 0 Å². The highest BCUT2D eigenvalue weighted by molar-refractivity contribution is 7.90. The van der Waals surface area contributed by atoms with E-state index in [1.165, 1.54) is 16.1 Å². The fourth-order valence-corrected chi connectivity index (χ4v) is 4.92. The van der Waals surface area contributed by atoms with Crippen LogP contribution in [0.25, 0.3) is 10.9 Å². The van der Waals surface area contributed by atoms with Crippen molar-refractivity contribution in [1.29, 1.82) is 0 Å². The van der Waals surface area contributed by atoms with Gasteiger partial charge < -0.3 is 15.5 Å². The molecule has 17 heteroatoms. The summed E-state index contributed by atoms with van der Waals surface area (Å²) in [5, 5.41) is 18.6. The molecule has 1 aliphatic rings. The first kappa shape index (κ1) is 33.5. The minimum atomic E-state index is -5.08. The van der Waals surface area contributed by atoms with Crippen molar-refractivity contribution in [3.05, 3.63) is 66.1 Å². The third-order valence-electron chi connectivity index (χ3n) is 5.47. The molecule has 0 saturated carbocycles. The van der Waals surface area contributed by atoms with Gasteiger partial charge in [-0.2, -0.15) is 26.3 Å². The van der Waals surface area contributed by atoms with Crippen LogP contribution in [0, 0.1) is 5.82 Å². The molecular weight excluding hydrogens is 591 g/mol. The van der Waals surface area contributed by atoms with Gasteiger partial charge >= 0.3 is 24.3 Å². The smallest absolute Gasteiger partial charge is 0.475 e. The number of benzene rings is 2. The predicted molar refractivity (Wildman–Crippen MR) is 131 cm³/mol. The van der Waals surface area contributed by atoms with Gasteiger partial charge in [0, 0.05) is 31.2 Å². The Morgan fingerprint density at radius 3 is 1.95 bits per heavy atom. The lowest BCUT2D eigenvalue weighted by Crippen LogP contribution is -2.27. The Balaban J connectivity index is 0.000000349. The van der Waals surface area contributed by atoms with Gasteiger partial charge in [-0.1, -0.05) is 12.1 Å². The average Bonchev–Trinajstić information content (AvgIpc) is 3.16. The molecule has 0 spiro atoms. The summed E-state index contributed by atoms with van der Waals surface area (Å²) in [5.74, 6) is -5.97. The van der Waals surface area contributed by atoms with E-state index in [4.69, 9.17) is 19.8 Å². The molecule has 2 heterocycles. The number of nitrogens with one attached hydrogen (secondary N) is 1. The van der Waals surface area contributed by atoms with E-state index < -0.39 is 40.1 Å². The molecule has 226 valence electrons.